The smallest absolute Gasteiger partial charge is 0.326 e. The highest BCUT2D eigenvalue weighted by Crippen LogP contribution is 2.20. The van der Waals surface area contributed by atoms with E-state index in [9.17, 15) is 39.0 Å². The largest absolute Gasteiger partial charge is 0.508 e. The van der Waals surface area contributed by atoms with Gasteiger partial charge in [0.15, 0.2) is 0 Å². The molecule has 0 aliphatic carbocycles. The van der Waals surface area contributed by atoms with Gasteiger partial charge in [-0.2, -0.15) is 0 Å². The number of phenols is 1. The van der Waals surface area contributed by atoms with E-state index in [1.165, 1.54) is 12.1 Å². The fourth-order valence-corrected chi connectivity index (χ4v) is 7.03. The van der Waals surface area contributed by atoms with Gasteiger partial charge in [-0.05, 0) is 113 Å². The minimum Gasteiger partial charge on any atom is -0.508 e. The van der Waals surface area contributed by atoms with Gasteiger partial charge in [0.1, 0.15) is 36.0 Å². The SMILES string of the molecule is CC(C)C[C@H](NC(=O)[C@H](Cc1ccc(O)cc1)NC(=O)[C@H](CCCCN)NC(=O)[C@@H](N)CCCCN)C(=O)N[C@@H](Cc1c[nH]c2ccccc12)C(=O)N[C@@H](CCCCN)C(=O)O. The molecule has 18 heteroatoms. The normalized spacial score (nSPS) is 14.2. The molecule has 16 N–H and O–H groups in total. The number of benzene rings is 2. The molecule has 1 heterocycles. The van der Waals surface area contributed by atoms with E-state index in [0.717, 1.165) is 10.9 Å². The maximum absolute atomic E-state index is 14.3. The lowest BCUT2D eigenvalue weighted by atomic mass is 9.99. The van der Waals surface area contributed by atoms with E-state index >= 15 is 0 Å². The van der Waals surface area contributed by atoms with Crippen LogP contribution in [0.4, 0.5) is 0 Å². The number of unbranched alkanes of at least 4 members (excludes halogenated alkanes) is 3. The van der Waals surface area contributed by atoms with E-state index < -0.39 is 71.8 Å². The Labute approximate surface area is 363 Å². The van der Waals surface area contributed by atoms with Crippen molar-refractivity contribution in [2.75, 3.05) is 19.6 Å². The maximum atomic E-state index is 14.3. The first-order chi connectivity index (χ1) is 29.7. The molecule has 2 aromatic carbocycles. The van der Waals surface area contributed by atoms with Crippen molar-refractivity contribution in [3.05, 3.63) is 65.9 Å². The molecule has 3 aromatic rings. The molecule has 18 nitrogen and oxygen atoms in total. The molecule has 0 aliphatic rings. The van der Waals surface area contributed by atoms with E-state index in [1.807, 2.05) is 38.1 Å². The number of fused-ring (bicyclic) bond motifs is 1. The van der Waals surface area contributed by atoms with Crippen LogP contribution in [0.2, 0.25) is 0 Å². The predicted octanol–water partition coefficient (Wildman–Crippen LogP) is 0.928. The molecule has 0 saturated heterocycles. The zero-order valence-corrected chi connectivity index (χ0v) is 36.0. The van der Waals surface area contributed by atoms with E-state index in [2.05, 4.69) is 31.6 Å². The second-order valence-corrected chi connectivity index (χ2v) is 16.2. The van der Waals surface area contributed by atoms with Crippen molar-refractivity contribution in [1.82, 2.24) is 31.6 Å². The first-order valence-electron chi connectivity index (χ1n) is 21.6. The minimum absolute atomic E-state index is 0.00519. The van der Waals surface area contributed by atoms with Crippen molar-refractivity contribution in [2.45, 2.75) is 127 Å². The van der Waals surface area contributed by atoms with Crippen molar-refractivity contribution in [3.63, 3.8) is 0 Å². The average Bonchev–Trinajstić information content (AvgIpc) is 3.65. The van der Waals surface area contributed by atoms with Crippen LogP contribution in [0.15, 0.2) is 54.7 Å². The second kappa shape index (κ2) is 26.7. The van der Waals surface area contributed by atoms with Gasteiger partial charge in [0.05, 0.1) is 6.04 Å². The number of aromatic nitrogens is 1. The summed E-state index contributed by atoms with van der Waals surface area (Å²) in [5, 5.41) is 34.4. The molecule has 0 aliphatic heterocycles. The number of rotatable bonds is 29. The molecule has 6 atom stereocenters. The van der Waals surface area contributed by atoms with Crippen LogP contribution in [-0.4, -0.2) is 107 Å². The van der Waals surface area contributed by atoms with Crippen molar-refractivity contribution >= 4 is 46.4 Å². The summed E-state index contributed by atoms with van der Waals surface area (Å²) in [6.45, 7) is 4.88. The monoisotopic (exact) mass is 865 g/mol. The number of aromatic amines is 1. The van der Waals surface area contributed by atoms with Gasteiger partial charge in [0.25, 0.3) is 0 Å². The number of carbonyl (C=O) groups excluding carboxylic acids is 5. The number of phenolic OH excluding ortho intramolecular Hbond substituents is 1. The Balaban J connectivity index is 1.93. The third-order valence-corrected chi connectivity index (χ3v) is 10.5. The molecule has 0 spiro atoms. The molecular formula is C44H68N10O8. The summed E-state index contributed by atoms with van der Waals surface area (Å²) in [6, 6.07) is 6.58. The van der Waals surface area contributed by atoms with E-state index in [0.29, 0.717) is 75.7 Å². The minimum atomic E-state index is -1.27. The summed E-state index contributed by atoms with van der Waals surface area (Å²) in [5.41, 5.74) is 25.1. The first kappa shape index (κ1) is 50.8. The molecule has 342 valence electrons. The molecule has 62 heavy (non-hydrogen) atoms. The fraction of sp³-hybridized carbons (Fsp3) is 0.545. The highest BCUT2D eigenvalue weighted by atomic mass is 16.4. The number of carbonyl (C=O) groups is 6. The van der Waals surface area contributed by atoms with Gasteiger partial charge >= 0.3 is 5.97 Å². The number of hydrogen-bond acceptors (Lipinski definition) is 11. The van der Waals surface area contributed by atoms with E-state index in [1.54, 1.807) is 18.3 Å². The second-order valence-electron chi connectivity index (χ2n) is 16.2. The van der Waals surface area contributed by atoms with Crippen LogP contribution >= 0.6 is 0 Å². The predicted molar refractivity (Wildman–Crippen MR) is 237 cm³/mol. The van der Waals surface area contributed by atoms with Crippen LogP contribution in [0.5, 0.6) is 5.75 Å². The third kappa shape index (κ3) is 17.1. The Hall–Kier alpha value is -5.56. The van der Waals surface area contributed by atoms with Crippen LogP contribution < -0.4 is 49.5 Å². The molecule has 0 radical (unpaired) electrons. The number of nitrogens with one attached hydrogen (secondary N) is 6. The number of carboxylic acid groups (broad SMARTS) is 1. The molecule has 1 aromatic heterocycles. The Morgan fingerprint density at radius 2 is 1.08 bits per heavy atom. The quantitative estimate of drug-likeness (QED) is 0.0434. The van der Waals surface area contributed by atoms with Gasteiger partial charge in [0.2, 0.25) is 29.5 Å². The van der Waals surface area contributed by atoms with Crippen LogP contribution in [0.25, 0.3) is 10.9 Å². The Bertz CT molecular complexity index is 1890. The molecule has 0 bridgehead atoms. The van der Waals surface area contributed by atoms with Gasteiger partial charge in [-0.1, -0.05) is 50.6 Å². The number of amides is 5. The molecule has 0 unspecified atom stereocenters. The van der Waals surface area contributed by atoms with Crippen molar-refractivity contribution in [1.29, 1.82) is 0 Å². The Morgan fingerprint density at radius 3 is 1.66 bits per heavy atom. The van der Waals surface area contributed by atoms with Gasteiger partial charge in [-0.15, -0.1) is 0 Å². The number of aliphatic carboxylic acids is 1. The third-order valence-electron chi connectivity index (χ3n) is 10.5. The fourth-order valence-electron chi connectivity index (χ4n) is 7.03. The van der Waals surface area contributed by atoms with E-state index in [-0.39, 0.29) is 43.8 Å². The Morgan fingerprint density at radius 1 is 0.597 bits per heavy atom. The lowest BCUT2D eigenvalue weighted by molar-refractivity contribution is -0.142. The summed E-state index contributed by atoms with van der Waals surface area (Å²) >= 11 is 0. The van der Waals surface area contributed by atoms with Crippen LogP contribution in [0, 0.1) is 5.92 Å². The lowest BCUT2D eigenvalue weighted by Crippen LogP contribution is -2.60. The van der Waals surface area contributed by atoms with Crippen molar-refractivity contribution in [3.8, 4) is 5.75 Å². The first-order valence-corrected chi connectivity index (χ1v) is 21.6. The topological polar surface area (TPSA) is 323 Å². The van der Waals surface area contributed by atoms with Crippen LogP contribution in [0.1, 0.15) is 89.2 Å². The summed E-state index contributed by atoms with van der Waals surface area (Å²) in [5.74, 6) is -4.69. The summed E-state index contributed by atoms with van der Waals surface area (Å²) < 4.78 is 0. The molecule has 0 fully saturated rings. The zero-order chi connectivity index (χ0) is 45.6. The number of aromatic hydroxyl groups is 1. The molecular weight excluding hydrogens is 797 g/mol. The number of para-hydroxylation sites is 1. The van der Waals surface area contributed by atoms with Gasteiger partial charge < -0.3 is 64.7 Å². The van der Waals surface area contributed by atoms with Crippen LogP contribution in [0.3, 0.4) is 0 Å². The number of nitrogens with two attached hydrogens (primary N) is 4. The zero-order valence-electron chi connectivity index (χ0n) is 36.0. The standard InChI is InChI=1S/C44H68N10O8/c1-27(2)23-36(41(58)54-38(25-29-26-49-33-13-4-3-11-31(29)33)43(60)51-35(44(61)62)15-7-10-22-47)52-42(59)37(24-28-16-18-30(55)19-17-28)53-40(57)34(14-6-9-21-46)50-39(56)32(48)12-5-8-20-45/h3-4,11,13,16-19,26-27,32,34-38,49,55H,5-10,12,14-15,20-25,45-48H2,1-2H3,(H,50,56)(H,51,60)(H,52,59)(H,53,57)(H,54,58)(H,61,62)/t32-,34-,35-,36-,37-,38-/m0/s1. The van der Waals surface area contributed by atoms with Gasteiger partial charge in [-0.3, -0.25) is 24.0 Å². The van der Waals surface area contributed by atoms with Crippen LogP contribution in [-0.2, 0) is 41.6 Å². The summed E-state index contributed by atoms with van der Waals surface area (Å²) in [4.78, 5) is 85.0. The molecule has 0 saturated carbocycles. The van der Waals surface area contributed by atoms with Crippen molar-refractivity contribution in [2.24, 2.45) is 28.9 Å². The number of carboxylic acids is 1. The highest BCUT2D eigenvalue weighted by molar-refractivity contribution is 5.97. The molecule has 5 amide bonds. The lowest BCUT2D eigenvalue weighted by Gasteiger charge is -2.28. The number of hydrogen-bond donors (Lipinski definition) is 12. The van der Waals surface area contributed by atoms with Gasteiger partial charge in [0, 0.05) is 29.9 Å². The van der Waals surface area contributed by atoms with E-state index in [4.69, 9.17) is 22.9 Å². The van der Waals surface area contributed by atoms with Crippen molar-refractivity contribution < 1.29 is 39.0 Å². The Kier molecular flexibility index (Phi) is 21.9. The molecule has 3 rings (SSSR count). The summed E-state index contributed by atoms with van der Waals surface area (Å²) in [7, 11) is 0. The highest BCUT2D eigenvalue weighted by Gasteiger charge is 2.34. The van der Waals surface area contributed by atoms with Gasteiger partial charge in [-0.25, -0.2) is 4.79 Å². The maximum Gasteiger partial charge on any atom is 0.326 e. The number of H-pyrrole nitrogens is 1. The summed E-state index contributed by atoms with van der Waals surface area (Å²) in [6.07, 6.45) is 5.91. The average molecular weight is 865 g/mol.